The third-order valence-electron chi connectivity index (χ3n) is 7.84. The van der Waals surface area contributed by atoms with Gasteiger partial charge in [-0.15, -0.1) is 0 Å². The number of nitrogens with one attached hydrogen (secondary N) is 3. The summed E-state index contributed by atoms with van der Waals surface area (Å²) in [4.78, 5) is 16.9. The molecule has 7 nitrogen and oxygen atoms in total. The number of likely N-dealkylation sites (tertiary alicyclic amines) is 1. The molecule has 2 aliphatic rings. The van der Waals surface area contributed by atoms with Gasteiger partial charge in [-0.3, -0.25) is 4.90 Å². The van der Waals surface area contributed by atoms with Crippen molar-refractivity contribution in [1.82, 2.24) is 19.9 Å². The van der Waals surface area contributed by atoms with Crippen LogP contribution in [0.4, 0.5) is 17.8 Å². The molecule has 0 radical (unpaired) electrons. The summed E-state index contributed by atoms with van der Waals surface area (Å²) in [6.07, 6.45) is 10.0. The minimum Gasteiger partial charge on any atom is -0.352 e. The lowest BCUT2D eigenvalue weighted by molar-refractivity contribution is 0.277. The number of likely N-dealkylation sites (N-methyl/N-ethyl adjacent to an activating group) is 1. The zero-order valence-corrected chi connectivity index (χ0v) is 21.8. The van der Waals surface area contributed by atoms with E-state index in [0.717, 1.165) is 13.1 Å². The van der Waals surface area contributed by atoms with E-state index < -0.39 is 0 Å². The number of hydrogen-bond donors (Lipinski definition) is 3. The normalized spacial score (nSPS) is 20.2. The predicted molar refractivity (Wildman–Crippen MR) is 150 cm³/mol. The summed E-state index contributed by atoms with van der Waals surface area (Å²) >= 11 is 0. The van der Waals surface area contributed by atoms with Gasteiger partial charge >= 0.3 is 0 Å². The van der Waals surface area contributed by atoms with Gasteiger partial charge in [0.05, 0.1) is 6.04 Å². The number of nitrogens with zero attached hydrogens (tertiary/aromatic N) is 4. The molecule has 2 atom stereocenters. The van der Waals surface area contributed by atoms with Gasteiger partial charge in [0.2, 0.25) is 17.8 Å². The maximum atomic E-state index is 4.80. The van der Waals surface area contributed by atoms with E-state index in [9.17, 15) is 0 Å². The molecule has 3 aromatic rings. The molecule has 0 bridgehead atoms. The lowest BCUT2D eigenvalue weighted by Gasteiger charge is -2.23. The highest BCUT2D eigenvalue weighted by Gasteiger charge is 2.23. The van der Waals surface area contributed by atoms with Gasteiger partial charge in [-0.05, 0) is 68.1 Å². The van der Waals surface area contributed by atoms with Crippen LogP contribution in [0.3, 0.4) is 0 Å². The number of fused-ring (bicyclic) bond motifs is 1. The van der Waals surface area contributed by atoms with Crippen LogP contribution in [0.5, 0.6) is 0 Å². The quantitative estimate of drug-likeness (QED) is 0.309. The van der Waals surface area contributed by atoms with E-state index in [1.165, 1.54) is 74.2 Å². The predicted octanol–water partition coefficient (Wildman–Crippen LogP) is 6.23. The van der Waals surface area contributed by atoms with Crippen LogP contribution in [0.15, 0.2) is 42.5 Å². The SMILES string of the molecule is CCN1CCCC1CNc1nc(NC2CCCCCC2)nc(NC(C)c2ccc3ccccc3c2)n1. The van der Waals surface area contributed by atoms with E-state index in [1.54, 1.807) is 0 Å². The van der Waals surface area contributed by atoms with Crippen LogP contribution >= 0.6 is 0 Å². The van der Waals surface area contributed by atoms with Crippen LogP contribution in [-0.4, -0.2) is 51.6 Å². The van der Waals surface area contributed by atoms with Gasteiger partial charge in [0, 0.05) is 18.6 Å². The third kappa shape index (κ3) is 6.25. The lowest BCUT2D eigenvalue weighted by atomic mass is 10.0. The van der Waals surface area contributed by atoms with Gasteiger partial charge in [0.15, 0.2) is 0 Å². The molecular formula is C29H41N7. The van der Waals surface area contributed by atoms with Crippen molar-refractivity contribution in [2.45, 2.75) is 83.3 Å². The topological polar surface area (TPSA) is 78.0 Å². The summed E-state index contributed by atoms with van der Waals surface area (Å²) in [6, 6.07) is 16.1. The summed E-state index contributed by atoms with van der Waals surface area (Å²) in [5, 5.41) is 13.2. The van der Waals surface area contributed by atoms with Crippen molar-refractivity contribution in [1.29, 1.82) is 0 Å². The summed E-state index contributed by atoms with van der Waals surface area (Å²) in [7, 11) is 0. The molecule has 192 valence electrons. The molecule has 2 aromatic carbocycles. The van der Waals surface area contributed by atoms with E-state index in [2.05, 4.69) is 77.2 Å². The number of hydrogen-bond acceptors (Lipinski definition) is 7. The molecule has 2 fully saturated rings. The first-order valence-electron chi connectivity index (χ1n) is 13.9. The molecule has 1 saturated heterocycles. The second kappa shape index (κ2) is 11.9. The van der Waals surface area contributed by atoms with Crippen LogP contribution in [0.25, 0.3) is 10.8 Å². The Kier molecular flexibility index (Phi) is 8.16. The molecular weight excluding hydrogens is 446 g/mol. The number of anilines is 3. The zero-order chi connectivity index (χ0) is 24.7. The summed E-state index contributed by atoms with van der Waals surface area (Å²) in [5.74, 6) is 1.94. The van der Waals surface area contributed by atoms with Gasteiger partial charge in [0.1, 0.15) is 0 Å². The van der Waals surface area contributed by atoms with E-state index in [0.29, 0.717) is 29.9 Å². The van der Waals surface area contributed by atoms with Gasteiger partial charge in [-0.2, -0.15) is 15.0 Å². The fourth-order valence-corrected chi connectivity index (χ4v) is 5.70. The van der Waals surface area contributed by atoms with Crippen molar-refractivity contribution >= 4 is 28.6 Å². The monoisotopic (exact) mass is 487 g/mol. The fraction of sp³-hybridized carbons (Fsp3) is 0.552. The Bertz CT molecular complexity index is 1130. The molecule has 0 amide bonds. The Morgan fingerprint density at radius 2 is 1.61 bits per heavy atom. The van der Waals surface area contributed by atoms with Crippen LogP contribution in [-0.2, 0) is 0 Å². The van der Waals surface area contributed by atoms with Crippen molar-refractivity contribution in [2.24, 2.45) is 0 Å². The van der Waals surface area contributed by atoms with Crippen LogP contribution in [0.2, 0.25) is 0 Å². The highest BCUT2D eigenvalue weighted by molar-refractivity contribution is 5.83. The van der Waals surface area contributed by atoms with Crippen LogP contribution < -0.4 is 16.0 Å². The van der Waals surface area contributed by atoms with E-state index in [1.807, 2.05) is 0 Å². The van der Waals surface area contributed by atoms with Gasteiger partial charge in [-0.25, -0.2) is 0 Å². The molecule has 1 aliphatic carbocycles. The average Bonchev–Trinajstić information content (AvgIpc) is 3.21. The minimum absolute atomic E-state index is 0.0704. The molecule has 3 N–H and O–H groups in total. The van der Waals surface area contributed by atoms with Crippen LogP contribution in [0, 0.1) is 0 Å². The second-order valence-electron chi connectivity index (χ2n) is 10.4. The summed E-state index contributed by atoms with van der Waals surface area (Å²) < 4.78 is 0. The molecule has 5 rings (SSSR count). The maximum absolute atomic E-state index is 4.80. The van der Waals surface area contributed by atoms with Crippen molar-refractivity contribution in [2.75, 3.05) is 35.6 Å². The first kappa shape index (κ1) is 24.8. The molecule has 7 heteroatoms. The van der Waals surface area contributed by atoms with Crippen LogP contribution in [0.1, 0.15) is 76.8 Å². The fourth-order valence-electron chi connectivity index (χ4n) is 5.70. The molecule has 0 spiro atoms. The molecule has 36 heavy (non-hydrogen) atoms. The Hall–Kier alpha value is -2.93. The van der Waals surface area contributed by atoms with Crippen molar-refractivity contribution in [3.05, 3.63) is 48.0 Å². The highest BCUT2D eigenvalue weighted by Crippen LogP contribution is 2.25. The molecule has 2 heterocycles. The first-order chi connectivity index (χ1) is 17.7. The largest absolute Gasteiger partial charge is 0.352 e. The van der Waals surface area contributed by atoms with E-state index >= 15 is 0 Å². The minimum atomic E-state index is 0.0704. The zero-order valence-electron chi connectivity index (χ0n) is 21.8. The smallest absolute Gasteiger partial charge is 0.229 e. The Labute approximate surface area is 215 Å². The molecule has 1 aliphatic heterocycles. The summed E-state index contributed by atoms with van der Waals surface area (Å²) in [6.45, 7) is 7.54. The van der Waals surface area contributed by atoms with Gasteiger partial charge in [0.25, 0.3) is 0 Å². The third-order valence-corrected chi connectivity index (χ3v) is 7.84. The number of rotatable bonds is 9. The average molecular weight is 488 g/mol. The lowest BCUT2D eigenvalue weighted by Crippen LogP contribution is -2.35. The van der Waals surface area contributed by atoms with Crippen molar-refractivity contribution in [3.8, 4) is 0 Å². The Morgan fingerprint density at radius 3 is 2.42 bits per heavy atom. The number of aromatic nitrogens is 3. The standard InChI is InChI=1S/C29H41N7/c1-3-36-18-10-15-26(36)20-30-27-33-28(35-29(34-27)32-25-13-6-4-5-7-14-25)31-21(2)23-17-16-22-11-8-9-12-24(22)19-23/h8-9,11-12,16-17,19,21,25-26H,3-7,10,13-15,18,20H2,1-2H3,(H3,30,31,32,33,34,35). The van der Waals surface area contributed by atoms with Gasteiger partial charge < -0.3 is 16.0 Å². The molecule has 1 saturated carbocycles. The molecule has 1 aromatic heterocycles. The van der Waals surface area contributed by atoms with E-state index in [4.69, 9.17) is 15.0 Å². The number of benzene rings is 2. The summed E-state index contributed by atoms with van der Waals surface area (Å²) in [5.41, 5.74) is 1.21. The maximum Gasteiger partial charge on any atom is 0.229 e. The highest BCUT2D eigenvalue weighted by atomic mass is 15.3. The van der Waals surface area contributed by atoms with E-state index in [-0.39, 0.29) is 6.04 Å². The molecule has 2 unspecified atom stereocenters. The second-order valence-corrected chi connectivity index (χ2v) is 10.4. The first-order valence-corrected chi connectivity index (χ1v) is 13.9. The van der Waals surface area contributed by atoms with Crippen molar-refractivity contribution in [3.63, 3.8) is 0 Å². The Morgan fingerprint density at radius 1 is 0.861 bits per heavy atom. The van der Waals surface area contributed by atoms with Crippen molar-refractivity contribution < 1.29 is 0 Å². The Balaban J connectivity index is 1.34. The van der Waals surface area contributed by atoms with Gasteiger partial charge in [-0.1, -0.05) is 69.0 Å².